The average molecular weight is 262 g/mol. The fourth-order valence-electron chi connectivity index (χ4n) is 1.71. The van der Waals surface area contributed by atoms with Crippen molar-refractivity contribution in [3.05, 3.63) is 29.2 Å². The quantitative estimate of drug-likeness (QED) is 0.801. The predicted octanol–water partition coefficient (Wildman–Crippen LogP) is 0.249. The van der Waals surface area contributed by atoms with Crippen molar-refractivity contribution >= 4 is 17.5 Å². The second kappa shape index (κ2) is 5.05. The van der Waals surface area contributed by atoms with Crippen molar-refractivity contribution in [3.8, 4) is 0 Å². The largest absolute Gasteiger partial charge is 0.468 e. The van der Waals surface area contributed by atoms with Crippen molar-refractivity contribution in [1.82, 2.24) is 19.9 Å². The summed E-state index contributed by atoms with van der Waals surface area (Å²) in [6.45, 7) is 3.45. The number of aromatic nitrogens is 3. The van der Waals surface area contributed by atoms with E-state index in [9.17, 15) is 9.59 Å². The summed E-state index contributed by atoms with van der Waals surface area (Å²) in [5.74, 6) is -0.888. The molecule has 0 aromatic carbocycles. The van der Waals surface area contributed by atoms with Gasteiger partial charge in [0.2, 0.25) is 0 Å². The Morgan fingerprint density at radius 2 is 2.16 bits per heavy atom. The summed E-state index contributed by atoms with van der Waals surface area (Å²) < 4.78 is 6.05. The molecule has 1 N–H and O–H groups in total. The lowest BCUT2D eigenvalue weighted by molar-refractivity contribution is -0.139. The number of amides is 1. The summed E-state index contributed by atoms with van der Waals surface area (Å²) in [7, 11) is 1.26. The lowest BCUT2D eigenvalue weighted by atomic mass is 10.2. The molecule has 2 aromatic heterocycles. The molecule has 19 heavy (non-hydrogen) atoms. The van der Waals surface area contributed by atoms with Crippen LogP contribution < -0.4 is 5.32 Å². The minimum absolute atomic E-state index is 0.176. The second-order valence-electron chi connectivity index (χ2n) is 4.07. The minimum atomic E-state index is -0.505. The summed E-state index contributed by atoms with van der Waals surface area (Å²) in [4.78, 5) is 27.1. The van der Waals surface area contributed by atoms with Crippen molar-refractivity contribution in [2.24, 2.45) is 0 Å². The molecule has 0 aliphatic carbocycles. The molecule has 1 amide bonds. The summed E-state index contributed by atoms with van der Waals surface area (Å²) >= 11 is 0. The first-order chi connectivity index (χ1) is 9.02. The van der Waals surface area contributed by atoms with Crippen LogP contribution in [-0.4, -0.2) is 40.1 Å². The van der Waals surface area contributed by atoms with E-state index in [4.69, 9.17) is 0 Å². The van der Waals surface area contributed by atoms with Gasteiger partial charge in [0, 0.05) is 12.3 Å². The molecular formula is C12H14N4O3. The molecule has 0 spiro atoms. The van der Waals surface area contributed by atoms with Gasteiger partial charge >= 0.3 is 5.97 Å². The zero-order chi connectivity index (χ0) is 14.0. The second-order valence-corrected chi connectivity index (χ2v) is 4.07. The lowest BCUT2D eigenvalue weighted by Gasteiger charge is -2.07. The van der Waals surface area contributed by atoms with Crippen LogP contribution in [0, 0.1) is 13.8 Å². The highest BCUT2D eigenvalue weighted by Gasteiger charge is 2.14. The monoisotopic (exact) mass is 262 g/mol. The molecule has 0 aliphatic heterocycles. The van der Waals surface area contributed by atoms with E-state index in [1.54, 1.807) is 11.4 Å². The van der Waals surface area contributed by atoms with E-state index in [0.29, 0.717) is 16.9 Å². The van der Waals surface area contributed by atoms with Gasteiger partial charge in [0.25, 0.3) is 5.91 Å². The topological polar surface area (TPSA) is 85.6 Å². The van der Waals surface area contributed by atoms with Crippen LogP contribution in [0.25, 0.3) is 5.65 Å². The highest BCUT2D eigenvalue weighted by Crippen LogP contribution is 2.10. The molecule has 0 saturated carbocycles. The summed E-state index contributed by atoms with van der Waals surface area (Å²) in [5, 5.41) is 6.72. The molecule has 2 aromatic rings. The standard InChI is InChI=1S/C12H14N4O3/c1-7-4-10-13-5-9(8(2)16(10)15-7)12(18)14-6-11(17)19-3/h4-5H,6H2,1-3H3,(H,14,18). The predicted molar refractivity (Wildman–Crippen MR) is 66.8 cm³/mol. The van der Waals surface area contributed by atoms with Gasteiger partial charge < -0.3 is 10.1 Å². The van der Waals surface area contributed by atoms with Crippen LogP contribution in [-0.2, 0) is 9.53 Å². The van der Waals surface area contributed by atoms with Crippen LogP contribution >= 0.6 is 0 Å². The molecule has 0 atom stereocenters. The zero-order valence-electron chi connectivity index (χ0n) is 10.9. The van der Waals surface area contributed by atoms with Gasteiger partial charge in [0.15, 0.2) is 5.65 Å². The van der Waals surface area contributed by atoms with E-state index in [-0.39, 0.29) is 12.5 Å². The Kier molecular flexibility index (Phi) is 3.46. The Balaban J connectivity index is 2.27. The van der Waals surface area contributed by atoms with Crippen molar-refractivity contribution in [2.45, 2.75) is 13.8 Å². The number of esters is 1. The third-order valence-electron chi connectivity index (χ3n) is 2.71. The number of hydrogen-bond acceptors (Lipinski definition) is 5. The Morgan fingerprint density at radius 3 is 2.84 bits per heavy atom. The van der Waals surface area contributed by atoms with E-state index < -0.39 is 5.97 Å². The molecule has 0 bridgehead atoms. The number of hydrogen-bond donors (Lipinski definition) is 1. The molecule has 0 unspecified atom stereocenters. The summed E-state index contributed by atoms with van der Waals surface area (Å²) in [6, 6.07) is 1.82. The minimum Gasteiger partial charge on any atom is -0.468 e. The van der Waals surface area contributed by atoms with Gasteiger partial charge in [-0.2, -0.15) is 5.10 Å². The highest BCUT2D eigenvalue weighted by atomic mass is 16.5. The van der Waals surface area contributed by atoms with Gasteiger partial charge in [-0.25, -0.2) is 9.50 Å². The van der Waals surface area contributed by atoms with Crippen molar-refractivity contribution in [2.75, 3.05) is 13.7 Å². The van der Waals surface area contributed by atoms with E-state index in [2.05, 4.69) is 20.1 Å². The molecule has 100 valence electrons. The first-order valence-electron chi connectivity index (χ1n) is 5.70. The fraction of sp³-hybridized carbons (Fsp3) is 0.333. The van der Waals surface area contributed by atoms with Crippen LogP contribution in [0.2, 0.25) is 0 Å². The van der Waals surface area contributed by atoms with Crippen molar-refractivity contribution in [3.63, 3.8) is 0 Å². The van der Waals surface area contributed by atoms with Gasteiger partial charge in [0.1, 0.15) is 6.54 Å². The number of carbonyl (C=O) groups excluding carboxylic acids is 2. The SMILES string of the molecule is COC(=O)CNC(=O)c1cnc2cc(C)nn2c1C. The molecule has 0 saturated heterocycles. The van der Waals surface area contributed by atoms with Crippen LogP contribution in [0.3, 0.4) is 0 Å². The number of aryl methyl sites for hydroxylation is 2. The molecule has 0 aliphatic rings. The third-order valence-corrected chi connectivity index (χ3v) is 2.71. The number of rotatable bonds is 3. The van der Waals surface area contributed by atoms with Crippen molar-refractivity contribution in [1.29, 1.82) is 0 Å². The van der Waals surface area contributed by atoms with Gasteiger partial charge in [-0.3, -0.25) is 9.59 Å². The average Bonchev–Trinajstić information content (AvgIpc) is 2.77. The highest BCUT2D eigenvalue weighted by molar-refractivity contribution is 5.96. The third kappa shape index (κ3) is 2.54. The van der Waals surface area contributed by atoms with Crippen molar-refractivity contribution < 1.29 is 14.3 Å². The molecule has 0 fully saturated rings. The van der Waals surface area contributed by atoms with E-state index >= 15 is 0 Å². The van der Waals surface area contributed by atoms with Crippen LogP contribution in [0.15, 0.2) is 12.3 Å². The number of ether oxygens (including phenoxy) is 1. The Morgan fingerprint density at radius 1 is 1.42 bits per heavy atom. The smallest absolute Gasteiger partial charge is 0.325 e. The Bertz CT molecular complexity index is 648. The summed E-state index contributed by atoms with van der Waals surface area (Å²) in [5.41, 5.74) is 2.54. The van der Waals surface area contributed by atoms with E-state index in [1.807, 2.05) is 13.0 Å². The molecule has 0 radical (unpaired) electrons. The maximum absolute atomic E-state index is 11.9. The first-order valence-corrected chi connectivity index (χ1v) is 5.70. The maximum Gasteiger partial charge on any atom is 0.325 e. The zero-order valence-corrected chi connectivity index (χ0v) is 10.9. The van der Waals surface area contributed by atoms with E-state index in [1.165, 1.54) is 13.3 Å². The van der Waals surface area contributed by atoms with Gasteiger partial charge in [-0.05, 0) is 13.8 Å². The van der Waals surface area contributed by atoms with Crippen LogP contribution in [0.5, 0.6) is 0 Å². The van der Waals surface area contributed by atoms with E-state index in [0.717, 1.165) is 5.69 Å². The maximum atomic E-state index is 11.9. The Hall–Kier alpha value is -2.44. The summed E-state index contributed by atoms with van der Waals surface area (Å²) in [6.07, 6.45) is 1.47. The molecule has 7 heteroatoms. The fourth-order valence-corrected chi connectivity index (χ4v) is 1.71. The van der Waals surface area contributed by atoms with Crippen LogP contribution in [0.4, 0.5) is 0 Å². The van der Waals surface area contributed by atoms with Gasteiger partial charge in [-0.15, -0.1) is 0 Å². The lowest BCUT2D eigenvalue weighted by Crippen LogP contribution is -2.31. The number of nitrogens with one attached hydrogen (secondary N) is 1. The number of fused-ring (bicyclic) bond motifs is 1. The van der Waals surface area contributed by atoms with Gasteiger partial charge in [-0.1, -0.05) is 0 Å². The normalized spacial score (nSPS) is 10.5. The molecule has 2 rings (SSSR count). The number of nitrogens with zero attached hydrogens (tertiary/aromatic N) is 3. The number of carbonyl (C=O) groups is 2. The van der Waals surface area contributed by atoms with Crippen LogP contribution in [0.1, 0.15) is 21.7 Å². The van der Waals surface area contributed by atoms with Gasteiger partial charge in [0.05, 0.1) is 24.1 Å². The Labute approximate surface area is 109 Å². The molecular weight excluding hydrogens is 248 g/mol. The number of methoxy groups -OCH3 is 1. The molecule has 2 heterocycles. The first kappa shape index (κ1) is 13.0. The molecule has 7 nitrogen and oxygen atoms in total.